The van der Waals surface area contributed by atoms with Crippen LogP contribution >= 0.6 is 11.8 Å². The van der Waals surface area contributed by atoms with Gasteiger partial charge in [0, 0.05) is 11.8 Å². The van der Waals surface area contributed by atoms with Gasteiger partial charge in [-0.25, -0.2) is 4.39 Å². The Morgan fingerprint density at radius 2 is 2.27 bits per heavy atom. The number of nitrogen functional groups attached to an aromatic ring is 1. The van der Waals surface area contributed by atoms with Gasteiger partial charge in [-0.2, -0.15) is 11.8 Å². The molecular weight excluding hydrogens is 211 g/mol. The molecule has 0 saturated carbocycles. The number of thioether (sulfide) groups is 1. The van der Waals surface area contributed by atoms with Crippen molar-refractivity contribution < 1.29 is 4.39 Å². The van der Waals surface area contributed by atoms with Crippen LogP contribution in [0.3, 0.4) is 0 Å². The van der Waals surface area contributed by atoms with E-state index in [9.17, 15) is 4.39 Å². The number of hydrogen-bond acceptors (Lipinski definition) is 3. The van der Waals surface area contributed by atoms with E-state index in [0.717, 1.165) is 11.5 Å². The molecule has 0 fully saturated rings. The van der Waals surface area contributed by atoms with Gasteiger partial charge in [0.25, 0.3) is 0 Å². The van der Waals surface area contributed by atoms with Crippen molar-refractivity contribution in [2.75, 3.05) is 22.6 Å². The summed E-state index contributed by atoms with van der Waals surface area (Å²) in [6, 6.07) is 5.12. The second-order valence-corrected chi connectivity index (χ2v) is 4.72. The monoisotopic (exact) mass is 228 g/mol. The first-order valence-corrected chi connectivity index (χ1v) is 6.19. The lowest BCUT2D eigenvalue weighted by Crippen LogP contribution is -2.19. The molecule has 2 nitrogen and oxygen atoms in total. The highest BCUT2D eigenvalue weighted by molar-refractivity contribution is 7.99. The van der Waals surface area contributed by atoms with E-state index in [1.807, 2.05) is 11.8 Å². The van der Waals surface area contributed by atoms with Crippen molar-refractivity contribution in [2.24, 2.45) is 0 Å². The number of para-hydroxylation sites is 1. The van der Waals surface area contributed by atoms with Crippen LogP contribution in [0.15, 0.2) is 18.2 Å². The van der Waals surface area contributed by atoms with Gasteiger partial charge in [0.15, 0.2) is 0 Å². The quantitative estimate of drug-likeness (QED) is 0.761. The maximum absolute atomic E-state index is 13.1. The third-order valence-corrected chi connectivity index (χ3v) is 3.17. The SMILES string of the molecule is CCSCC(C)Nc1cccc(F)c1N. The molecular formula is C11H17FN2S. The molecule has 0 bridgehead atoms. The van der Waals surface area contributed by atoms with Gasteiger partial charge < -0.3 is 11.1 Å². The van der Waals surface area contributed by atoms with Crippen LogP contribution in [-0.2, 0) is 0 Å². The third kappa shape index (κ3) is 3.63. The van der Waals surface area contributed by atoms with E-state index in [4.69, 9.17) is 5.73 Å². The summed E-state index contributed by atoms with van der Waals surface area (Å²) in [6.07, 6.45) is 0. The van der Waals surface area contributed by atoms with Crippen LogP contribution < -0.4 is 11.1 Å². The molecule has 0 aliphatic heterocycles. The Morgan fingerprint density at radius 1 is 1.53 bits per heavy atom. The summed E-state index contributed by atoms with van der Waals surface area (Å²) in [7, 11) is 0. The maximum Gasteiger partial charge on any atom is 0.148 e. The molecule has 0 radical (unpaired) electrons. The zero-order valence-corrected chi connectivity index (χ0v) is 9.90. The summed E-state index contributed by atoms with van der Waals surface area (Å²) in [5.74, 6) is 1.72. The summed E-state index contributed by atoms with van der Waals surface area (Å²) >= 11 is 1.85. The molecule has 1 unspecified atom stereocenters. The fourth-order valence-electron chi connectivity index (χ4n) is 1.26. The lowest BCUT2D eigenvalue weighted by molar-refractivity contribution is 0.632. The van der Waals surface area contributed by atoms with Gasteiger partial charge in [-0.05, 0) is 24.8 Å². The van der Waals surface area contributed by atoms with Gasteiger partial charge in [0.1, 0.15) is 5.82 Å². The van der Waals surface area contributed by atoms with Crippen LogP contribution in [0.2, 0.25) is 0 Å². The Bertz CT molecular complexity index is 317. The molecule has 0 spiro atoms. The molecule has 1 aromatic rings. The zero-order chi connectivity index (χ0) is 11.3. The van der Waals surface area contributed by atoms with Gasteiger partial charge in [0.05, 0.1) is 11.4 Å². The van der Waals surface area contributed by atoms with Crippen LogP contribution in [-0.4, -0.2) is 17.5 Å². The van der Waals surface area contributed by atoms with E-state index in [1.54, 1.807) is 12.1 Å². The van der Waals surface area contributed by atoms with E-state index < -0.39 is 0 Å². The molecule has 4 heteroatoms. The molecule has 1 aromatic carbocycles. The minimum Gasteiger partial charge on any atom is -0.395 e. The van der Waals surface area contributed by atoms with Crippen molar-refractivity contribution >= 4 is 23.1 Å². The predicted molar refractivity (Wildman–Crippen MR) is 66.9 cm³/mol. The van der Waals surface area contributed by atoms with Gasteiger partial charge in [-0.1, -0.05) is 13.0 Å². The van der Waals surface area contributed by atoms with E-state index >= 15 is 0 Å². The van der Waals surface area contributed by atoms with Crippen LogP contribution in [0.4, 0.5) is 15.8 Å². The molecule has 0 amide bonds. The highest BCUT2D eigenvalue weighted by atomic mass is 32.2. The number of nitrogens with one attached hydrogen (secondary N) is 1. The Kier molecular flexibility index (Phi) is 4.75. The van der Waals surface area contributed by atoms with Crippen LogP contribution in [0.1, 0.15) is 13.8 Å². The molecule has 3 N–H and O–H groups in total. The van der Waals surface area contributed by atoms with E-state index in [2.05, 4.69) is 19.2 Å². The smallest absolute Gasteiger partial charge is 0.148 e. The summed E-state index contributed by atoms with van der Waals surface area (Å²) in [4.78, 5) is 0. The average molecular weight is 228 g/mol. The Morgan fingerprint density at radius 3 is 2.93 bits per heavy atom. The number of halogens is 1. The third-order valence-electron chi connectivity index (χ3n) is 2.03. The number of hydrogen-bond donors (Lipinski definition) is 2. The van der Waals surface area contributed by atoms with Crippen LogP contribution in [0.25, 0.3) is 0 Å². The van der Waals surface area contributed by atoms with Crippen molar-refractivity contribution in [3.63, 3.8) is 0 Å². The zero-order valence-electron chi connectivity index (χ0n) is 9.09. The van der Waals surface area contributed by atoms with Gasteiger partial charge in [0.2, 0.25) is 0 Å². The molecule has 84 valence electrons. The van der Waals surface area contributed by atoms with Crippen molar-refractivity contribution in [1.82, 2.24) is 0 Å². The van der Waals surface area contributed by atoms with E-state index in [-0.39, 0.29) is 11.5 Å². The number of anilines is 2. The van der Waals surface area contributed by atoms with E-state index in [0.29, 0.717) is 11.7 Å². The number of benzene rings is 1. The topological polar surface area (TPSA) is 38.0 Å². The second-order valence-electron chi connectivity index (χ2n) is 3.41. The van der Waals surface area contributed by atoms with Crippen molar-refractivity contribution in [1.29, 1.82) is 0 Å². The summed E-state index contributed by atoms with van der Waals surface area (Å²) in [5, 5.41) is 3.20. The highest BCUT2D eigenvalue weighted by Crippen LogP contribution is 2.22. The molecule has 0 saturated heterocycles. The maximum atomic E-state index is 13.1. The number of rotatable bonds is 5. The van der Waals surface area contributed by atoms with Crippen LogP contribution in [0, 0.1) is 5.82 Å². The first-order chi connectivity index (χ1) is 7.15. The van der Waals surface area contributed by atoms with Crippen LogP contribution in [0.5, 0.6) is 0 Å². The summed E-state index contributed by atoms with van der Waals surface area (Å²) in [5.41, 5.74) is 6.49. The Labute approximate surface area is 94.4 Å². The minimum atomic E-state index is -0.365. The average Bonchev–Trinajstić information content (AvgIpc) is 2.22. The van der Waals surface area contributed by atoms with Gasteiger partial charge in [-0.15, -0.1) is 0 Å². The second kappa shape index (κ2) is 5.85. The molecule has 0 heterocycles. The van der Waals surface area contributed by atoms with E-state index in [1.165, 1.54) is 6.07 Å². The van der Waals surface area contributed by atoms with Crippen molar-refractivity contribution in [2.45, 2.75) is 19.9 Å². The number of nitrogens with two attached hydrogens (primary N) is 1. The lowest BCUT2D eigenvalue weighted by atomic mass is 10.2. The molecule has 1 rings (SSSR count). The molecule has 0 aliphatic rings. The molecule has 0 aromatic heterocycles. The first-order valence-electron chi connectivity index (χ1n) is 5.03. The first kappa shape index (κ1) is 12.2. The largest absolute Gasteiger partial charge is 0.395 e. The van der Waals surface area contributed by atoms with Crippen molar-refractivity contribution in [3.05, 3.63) is 24.0 Å². The van der Waals surface area contributed by atoms with Gasteiger partial charge in [-0.3, -0.25) is 0 Å². The minimum absolute atomic E-state index is 0.200. The van der Waals surface area contributed by atoms with Gasteiger partial charge >= 0.3 is 0 Å². The standard InChI is InChI=1S/C11H17FN2S/c1-3-15-7-8(2)14-10-6-4-5-9(12)11(10)13/h4-6,8,14H,3,7,13H2,1-2H3. The normalized spacial score (nSPS) is 12.5. The molecule has 1 atom stereocenters. The predicted octanol–water partition coefficient (Wildman–Crippen LogP) is 2.96. The fourth-order valence-corrected chi connectivity index (χ4v) is 1.94. The lowest BCUT2D eigenvalue weighted by Gasteiger charge is -2.16. The fraction of sp³-hybridized carbons (Fsp3) is 0.455. The Hall–Kier alpha value is -0.900. The molecule has 0 aliphatic carbocycles. The van der Waals surface area contributed by atoms with Crippen molar-refractivity contribution in [3.8, 4) is 0 Å². The summed E-state index contributed by atoms with van der Waals surface area (Å²) < 4.78 is 13.1. The molecule has 15 heavy (non-hydrogen) atoms. The highest BCUT2D eigenvalue weighted by Gasteiger charge is 2.07. The Balaban J connectivity index is 2.60. The summed E-state index contributed by atoms with van der Waals surface area (Å²) in [6.45, 7) is 4.18.